The van der Waals surface area contributed by atoms with Crippen molar-refractivity contribution >= 4 is 11.9 Å². The Kier molecular flexibility index (Phi) is 6.07. The molecule has 0 saturated heterocycles. The van der Waals surface area contributed by atoms with E-state index in [1.54, 1.807) is 0 Å². The van der Waals surface area contributed by atoms with Crippen LogP contribution in [-0.2, 0) is 14.3 Å². The van der Waals surface area contributed by atoms with E-state index in [0.717, 1.165) is 51.4 Å². The van der Waals surface area contributed by atoms with Crippen molar-refractivity contribution in [3.8, 4) is 0 Å². The van der Waals surface area contributed by atoms with E-state index in [1.807, 2.05) is 0 Å². The quantitative estimate of drug-likeness (QED) is 0.787. The Labute approximate surface area is 127 Å². The lowest BCUT2D eigenvalue weighted by molar-refractivity contribution is -0.162. The number of rotatable bonds is 5. The maximum atomic E-state index is 12.3. The van der Waals surface area contributed by atoms with Crippen molar-refractivity contribution in [3.05, 3.63) is 0 Å². The molecule has 2 fully saturated rings. The lowest BCUT2D eigenvalue weighted by Crippen LogP contribution is -2.41. The molecule has 1 N–H and O–H groups in total. The van der Waals surface area contributed by atoms with E-state index in [9.17, 15) is 14.7 Å². The molecule has 0 radical (unpaired) electrons. The molecule has 0 heterocycles. The van der Waals surface area contributed by atoms with E-state index in [0.29, 0.717) is 0 Å². The van der Waals surface area contributed by atoms with Gasteiger partial charge in [-0.3, -0.25) is 9.59 Å². The predicted octanol–water partition coefficient (Wildman–Crippen LogP) is 3.64. The number of methoxy groups -OCH3 is 1. The highest BCUT2D eigenvalue weighted by Gasteiger charge is 2.44. The average Bonchev–Trinajstić information content (AvgIpc) is 2.53. The molecule has 0 bridgehead atoms. The summed E-state index contributed by atoms with van der Waals surface area (Å²) in [5.74, 6) is -1.78. The summed E-state index contributed by atoms with van der Waals surface area (Å²) in [7, 11) is 1.39. The van der Waals surface area contributed by atoms with Gasteiger partial charge >= 0.3 is 11.9 Å². The molecule has 120 valence electrons. The lowest BCUT2D eigenvalue weighted by Gasteiger charge is -2.37. The third-order valence-electron chi connectivity index (χ3n) is 5.46. The molecule has 2 atom stereocenters. The van der Waals surface area contributed by atoms with Gasteiger partial charge in [-0.05, 0) is 37.5 Å². The first-order chi connectivity index (χ1) is 10.1. The minimum atomic E-state index is -0.803. The van der Waals surface area contributed by atoms with Crippen LogP contribution in [-0.4, -0.2) is 24.2 Å². The summed E-state index contributed by atoms with van der Waals surface area (Å²) in [5, 5.41) is 9.76. The number of hydrogen-bond acceptors (Lipinski definition) is 3. The van der Waals surface area contributed by atoms with Gasteiger partial charge in [-0.1, -0.05) is 38.5 Å². The number of hydrogen-bond donors (Lipinski definition) is 1. The Bertz CT molecular complexity index is 354. The highest BCUT2D eigenvalue weighted by atomic mass is 16.5. The number of ether oxygens (including phenoxy) is 1. The fraction of sp³-hybridized carbons (Fsp3) is 0.882. The van der Waals surface area contributed by atoms with Gasteiger partial charge in [0.05, 0.1) is 18.9 Å². The average molecular weight is 296 g/mol. The van der Waals surface area contributed by atoms with E-state index < -0.39 is 17.8 Å². The molecule has 0 spiro atoms. The number of carbonyl (C=O) groups is 2. The lowest BCUT2D eigenvalue weighted by atomic mass is 9.67. The van der Waals surface area contributed by atoms with E-state index in [-0.39, 0.29) is 17.8 Å². The minimum absolute atomic E-state index is 0.141. The maximum Gasteiger partial charge on any atom is 0.309 e. The van der Waals surface area contributed by atoms with Crippen molar-refractivity contribution < 1.29 is 19.4 Å². The molecule has 21 heavy (non-hydrogen) atoms. The van der Waals surface area contributed by atoms with E-state index in [1.165, 1.54) is 20.0 Å². The Hall–Kier alpha value is -1.06. The molecule has 4 heteroatoms. The summed E-state index contributed by atoms with van der Waals surface area (Å²) >= 11 is 0. The van der Waals surface area contributed by atoms with Crippen molar-refractivity contribution in [2.24, 2.45) is 23.7 Å². The van der Waals surface area contributed by atoms with Gasteiger partial charge in [-0.2, -0.15) is 0 Å². The van der Waals surface area contributed by atoms with Crippen LogP contribution >= 0.6 is 0 Å². The Balaban J connectivity index is 2.20. The standard InChI is InChI=1S/C17H28O4/c1-21-17(20)15(13-10-6-3-7-11-13)14(16(18)19)12-8-4-2-5-9-12/h12-15H,2-11H2,1H3,(H,18,19). The largest absolute Gasteiger partial charge is 0.481 e. The molecule has 0 aromatic rings. The second-order valence-corrected chi connectivity index (χ2v) is 6.71. The van der Waals surface area contributed by atoms with Crippen LogP contribution in [0.25, 0.3) is 0 Å². The zero-order valence-corrected chi connectivity index (χ0v) is 13.1. The molecule has 0 amide bonds. The highest BCUT2D eigenvalue weighted by Crippen LogP contribution is 2.41. The highest BCUT2D eigenvalue weighted by molar-refractivity contribution is 5.81. The van der Waals surface area contributed by atoms with Crippen LogP contribution in [0.15, 0.2) is 0 Å². The van der Waals surface area contributed by atoms with Crippen molar-refractivity contribution in [2.75, 3.05) is 7.11 Å². The SMILES string of the molecule is COC(=O)C(C1CCCCC1)C(C(=O)O)C1CCCCC1. The second kappa shape index (κ2) is 7.81. The van der Waals surface area contributed by atoms with Gasteiger partial charge in [0.25, 0.3) is 0 Å². The van der Waals surface area contributed by atoms with E-state index >= 15 is 0 Å². The number of aliphatic carboxylic acids is 1. The van der Waals surface area contributed by atoms with Gasteiger partial charge < -0.3 is 9.84 Å². The van der Waals surface area contributed by atoms with E-state index in [2.05, 4.69) is 0 Å². The van der Waals surface area contributed by atoms with Crippen LogP contribution < -0.4 is 0 Å². The monoisotopic (exact) mass is 296 g/mol. The van der Waals surface area contributed by atoms with Gasteiger partial charge in [0.1, 0.15) is 0 Å². The summed E-state index contributed by atoms with van der Waals surface area (Å²) in [6.45, 7) is 0. The first-order valence-electron chi connectivity index (χ1n) is 8.45. The summed E-state index contributed by atoms with van der Waals surface area (Å²) < 4.78 is 4.99. The molecule has 0 aliphatic heterocycles. The van der Waals surface area contributed by atoms with E-state index in [4.69, 9.17) is 4.74 Å². The van der Waals surface area contributed by atoms with Gasteiger partial charge in [0.15, 0.2) is 0 Å². The van der Waals surface area contributed by atoms with Crippen LogP contribution in [0.1, 0.15) is 64.2 Å². The molecule has 0 aromatic heterocycles. The summed E-state index contributed by atoms with van der Waals surface area (Å²) in [6.07, 6.45) is 10.6. The first kappa shape index (κ1) is 16.3. The normalized spacial score (nSPS) is 24.2. The second-order valence-electron chi connectivity index (χ2n) is 6.71. The maximum absolute atomic E-state index is 12.3. The molecule has 2 unspecified atom stereocenters. The fourth-order valence-electron chi connectivity index (χ4n) is 4.40. The smallest absolute Gasteiger partial charge is 0.309 e. The first-order valence-corrected chi connectivity index (χ1v) is 8.45. The van der Waals surface area contributed by atoms with Gasteiger partial charge in [0, 0.05) is 0 Å². The van der Waals surface area contributed by atoms with Crippen LogP contribution in [0, 0.1) is 23.7 Å². The number of esters is 1. The van der Waals surface area contributed by atoms with Gasteiger partial charge in [-0.15, -0.1) is 0 Å². The van der Waals surface area contributed by atoms with Crippen LogP contribution in [0.2, 0.25) is 0 Å². The molecule has 2 saturated carbocycles. The summed E-state index contributed by atoms with van der Waals surface area (Å²) in [6, 6.07) is 0. The molecule has 2 aliphatic carbocycles. The Morgan fingerprint density at radius 3 is 1.67 bits per heavy atom. The van der Waals surface area contributed by atoms with Crippen molar-refractivity contribution in [3.63, 3.8) is 0 Å². The zero-order valence-electron chi connectivity index (χ0n) is 13.1. The number of carboxylic acids is 1. The Morgan fingerprint density at radius 1 is 0.857 bits per heavy atom. The zero-order chi connectivity index (χ0) is 15.2. The molecular formula is C17H28O4. The van der Waals surface area contributed by atoms with Gasteiger partial charge in [0.2, 0.25) is 0 Å². The van der Waals surface area contributed by atoms with Crippen molar-refractivity contribution in [1.29, 1.82) is 0 Å². The number of carboxylic acid groups (broad SMARTS) is 1. The molecule has 2 rings (SSSR count). The van der Waals surface area contributed by atoms with Crippen LogP contribution in [0.5, 0.6) is 0 Å². The summed E-state index contributed by atoms with van der Waals surface area (Å²) in [4.78, 5) is 24.2. The molecule has 4 nitrogen and oxygen atoms in total. The van der Waals surface area contributed by atoms with Crippen LogP contribution in [0.3, 0.4) is 0 Å². The topological polar surface area (TPSA) is 63.6 Å². The Morgan fingerprint density at radius 2 is 1.29 bits per heavy atom. The molecule has 0 aromatic carbocycles. The molecular weight excluding hydrogens is 268 g/mol. The number of carbonyl (C=O) groups excluding carboxylic acids is 1. The third kappa shape index (κ3) is 3.98. The van der Waals surface area contributed by atoms with Crippen LogP contribution in [0.4, 0.5) is 0 Å². The fourth-order valence-corrected chi connectivity index (χ4v) is 4.40. The van der Waals surface area contributed by atoms with Crippen molar-refractivity contribution in [2.45, 2.75) is 64.2 Å². The minimum Gasteiger partial charge on any atom is -0.481 e. The predicted molar refractivity (Wildman–Crippen MR) is 79.8 cm³/mol. The van der Waals surface area contributed by atoms with Crippen molar-refractivity contribution in [1.82, 2.24) is 0 Å². The van der Waals surface area contributed by atoms with Gasteiger partial charge in [-0.25, -0.2) is 0 Å². The third-order valence-corrected chi connectivity index (χ3v) is 5.46. The summed E-state index contributed by atoms with van der Waals surface area (Å²) in [5.41, 5.74) is 0. The molecule has 2 aliphatic rings.